The minimum absolute atomic E-state index is 0.133. The van der Waals surface area contributed by atoms with Gasteiger partial charge >= 0.3 is 0 Å². The molecule has 5 heteroatoms. The first-order chi connectivity index (χ1) is 9.96. The summed E-state index contributed by atoms with van der Waals surface area (Å²) in [5.74, 6) is 0.717. The van der Waals surface area contributed by atoms with Crippen LogP contribution in [0.25, 0.3) is 0 Å². The van der Waals surface area contributed by atoms with Crippen molar-refractivity contribution in [2.45, 2.75) is 50.1 Å². The first-order valence-electron chi connectivity index (χ1n) is 7.67. The molecule has 1 aliphatic carbocycles. The molecule has 0 atom stereocenters. The van der Waals surface area contributed by atoms with Crippen molar-refractivity contribution in [3.05, 3.63) is 29.8 Å². The van der Waals surface area contributed by atoms with E-state index in [1.165, 1.54) is 0 Å². The fourth-order valence-electron chi connectivity index (χ4n) is 3.05. The van der Waals surface area contributed by atoms with Crippen molar-refractivity contribution >= 4 is 10.0 Å². The Morgan fingerprint density at radius 1 is 1.19 bits per heavy atom. The van der Waals surface area contributed by atoms with E-state index in [2.05, 4.69) is 12.2 Å². The van der Waals surface area contributed by atoms with Gasteiger partial charge in [0.1, 0.15) is 0 Å². The summed E-state index contributed by atoms with van der Waals surface area (Å²) in [6.45, 7) is 2.80. The van der Waals surface area contributed by atoms with E-state index in [-0.39, 0.29) is 6.04 Å². The van der Waals surface area contributed by atoms with Gasteiger partial charge in [0.05, 0.1) is 4.90 Å². The Morgan fingerprint density at radius 3 is 2.43 bits per heavy atom. The van der Waals surface area contributed by atoms with Gasteiger partial charge in [-0.2, -0.15) is 4.31 Å². The van der Waals surface area contributed by atoms with Crippen LogP contribution in [0.3, 0.4) is 0 Å². The highest BCUT2D eigenvalue weighted by Crippen LogP contribution is 2.30. The number of nitrogens with one attached hydrogen (secondary N) is 1. The molecule has 1 saturated carbocycles. The summed E-state index contributed by atoms with van der Waals surface area (Å²) in [5.41, 5.74) is 0.830. The normalized spacial score (nSPS) is 23.4. The Morgan fingerprint density at radius 2 is 1.81 bits per heavy atom. The van der Waals surface area contributed by atoms with E-state index in [0.29, 0.717) is 17.4 Å². The zero-order valence-corrected chi connectivity index (χ0v) is 14.0. The van der Waals surface area contributed by atoms with Crippen LogP contribution < -0.4 is 5.32 Å². The second-order valence-corrected chi connectivity index (χ2v) is 8.04. The maximum Gasteiger partial charge on any atom is 0.243 e. The summed E-state index contributed by atoms with van der Waals surface area (Å²) in [6.07, 6.45) is 4.15. The lowest BCUT2D eigenvalue weighted by atomic mass is 9.87. The summed E-state index contributed by atoms with van der Waals surface area (Å²) in [4.78, 5) is 0.431. The summed E-state index contributed by atoms with van der Waals surface area (Å²) in [6, 6.07) is 7.40. The van der Waals surface area contributed by atoms with Crippen LogP contribution in [0.4, 0.5) is 0 Å². The van der Waals surface area contributed by atoms with Crippen LogP contribution in [-0.4, -0.2) is 32.9 Å². The molecule has 0 heterocycles. The van der Waals surface area contributed by atoms with Gasteiger partial charge in [0, 0.05) is 19.6 Å². The van der Waals surface area contributed by atoms with Gasteiger partial charge in [-0.15, -0.1) is 0 Å². The highest BCUT2D eigenvalue weighted by molar-refractivity contribution is 7.89. The van der Waals surface area contributed by atoms with Crippen molar-refractivity contribution in [3.63, 3.8) is 0 Å². The van der Waals surface area contributed by atoms with Crippen LogP contribution >= 0.6 is 0 Å². The van der Waals surface area contributed by atoms with Crippen molar-refractivity contribution in [3.8, 4) is 0 Å². The van der Waals surface area contributed by atoms with Gasteiger partial charge in [-0.1, -0.05) is 25.1 Å². The van der Waals surface area contributed by atoms with Crippen LogP contribution in [0.5, 0.6) is 0 Å². The molecular weight excluding hydrogens is 284 g/mol. The minimum atomic E-state index is -3.42. The van der Waals surface area contributed by atoms with Gasteiger partial charge < -0.3 is 5.32 Å². The molecule has 118 valence electrons. The number of rotatable bonds is 5. The smallest absolute Gasteiger partial charge is 0.243 e. The van der Waals surface area contributed by atoms with Gasteiger partial charge in [-0.25, -0.2) is 8.42 Å². The third kappa shape index (κ3) is 3.65. The summed E-state index contributed by atoms with van der Waals surface area (Å²) >= 11 is 0. The summed E-state index contributed by atoms with van der Waals surface area (Å²) < 4.78 is 27.4. The molecule has 0 aliphatic heterocycles. The Bertz CT molecular complexity index is 563. The number of benzene rings is 1. The van der Waals surface area contributed by atoms with E-state index in [0.717, 1.165) is 31.2 Å². The highest BCUT2D eigenvalue weighted by atomic mass is 32.2. The average Bonchev–Trinajstić information content (AvgIpc) is 2.48. The maximum absolute atomic E-state index is 12.9. The Hall–Kier alpha value is -0.910. The number of hydrogen-bond donors (Lipinski definition) is 1. The van der Waals surface area contributed by atoms with Gasteiger partial charge in [0.25, 0.3) is 0 Å². The van der Waals surface area contributed by atoms with Crippen molar-refractivity contribution in [1.82, 2.24) is 9.62 Å². The molecule has 21 heavy (non-hydrogen) atoms. The van der Waals surface area contributed by atoms with E-state index < -0.39 is 10.0 Å². The number of sulfonamides is 1. The standard InChI is InChI=1S/C16H26N2O2S/c1-13-8-10-15(11-9-13)18(3)21(19,20)16-7-5-4-6-14(16)12-17-2/h4-7,13,15,17H,8-12H2,1-3H3. The van der Waals surface area contributed by atoms with Crippen LogP contribution in [-0.2, 0) is 16.6 Å². The minimum Gasteiger partial charge on any atom is -0.316 e. The molecular formula is C16H26N2O2S. The Labute approximate surface area is 128 Å². The molecule has 0 radical (unpaired) electrons. The molecule has 0 unspecified atom stereocenters. The Kier molecular flexibility index (Phi) is 5.41. The van der Waals surface area contributed by atoms with Crippen LogP contribution in [0.1, 0.15) is 38.2 Å². The van der Waals surface area contributed by atoms with Crippen LogP contribution in [0.2, 0.25) is 0 Å². The van der Waals surface area contributed by atoms with Crippen molar-refractivity contribution in [2.24, 2.45) is 5.92 Å². The first-order valence-corrected chi connectivity index (χ1v) is 9.11. The molecule has 0 aromatic heterocycles. The van der Waals surface area contributed by atoms with Gasteiger partial charge in [-0.3, -0.25) is 0 Å². The largest absolute Gasteiger partial charge is 0.316 e. The van der Waals surface area contributed by atoms with Gasteiger partial charge in [0.15, 0.2) is 0 Å². The molecule has 1 aromatic rings. The monoisotopic (exact) mass is 310 g/mol. The molecule has 0 bridgehead atoms. The molecule has 1 aliphatic rings. The maximum atomic E-state index is 12.9. The fraction of sp³-hybridized carbons (Fsp3) is 0.625. The van der Waals surface area contributed by atoms with E-state index in [4.69, 9.17) is 0 Å². The molecule has 0 saturated heterocycles. The van der Waals surface area contributed by atoms with Crippen molar-refractivity contribution in [1.29, 1.82) is 0 Å². The van der Waals surface area contributed by atoms with Crippen molar-refractivity contribution < 1.29 is 8.42 Å². The van der Waals surface area contributed by atoms with E-state index in [1.807, 2.05) is 19.2 Å². The van der Waals surface area contributed by atoms with E-state index in [9.17, 15) is 8.42 Å². The quantitative estimate of drug-likeness (QED) is 0.909. The highest BCUT2D eigenvalue weighted by Gasteiger charge is 2.31. The van der Waals surface area contributed by atoms with Gasteiger partial charge in [0.2, 0.25) is 10.0 Å². The molecule has 2 rings (SSSR count). The first kappa shape index (κ1) is 16.5. The van der Waals surface area contributed by atoms with Crippen LogP contribution in [0, 0.1) is 5.92 Å². The molecule has 1 N–H and O–H groups in total. The SMILES string of the molecule is CNCc1ccccc1S(=O)(=O)N(C)C1CCC(C)CC1. The fourth-order valence-corrected chi connectivity index (χ4v) is 4.69. The van der Waals surface area contributed by atoms with Crippen molar-refractivity contribution in [2.75, 3.05) is 14.1 Å². The Balaban J connectivity index is 2.25. The lowest BCUT2D eigenvalue weighted by Crippen LogP contribution is -2.39. The van der Waals surface area contributed by atoms with Gasteiger partial charge in [-0.05, 0) is 50.3 Å². The van der Waals surface area contributed by atoms with E-state index >= 15 is 0 Å². The third-order valence-corrected chi connectivity index (χ3v) is 6.51. The zero-order chi connectivity index (χ0) is 15.5. The van der Waals surface area contributed by atoms with E-state index in [1.54, 1.807) is 23.5 Å². The summed E-state index contributed by atoms with van der Waals surface area (Å²) in [7, 11) is 0.142. The molecule has 1 fully saturated rings. The second-order valence-electron chi connectivity index (χ2n) is 6.07. The molecule has 4 nitrogen and oxygen atoms in total. The zero-order valence-electron chi connectivity index (χ0n) is 13.2. The summed E-state index contributed by atoms with van der Waals surface area (Å²) in [5, 5.41) is 3.04. The van der Waals surface area contributed by atoms with Crippen LogP contribution in [0.15, 0.2) is 29.2 Å². The number of hydrogen-bond acceptors (Lipinski definition) is 3. The average molecular weight is 310 g/mol. The molecule has 1 aromatic carbocycles. The predicted octanol–water partition coefficient (Wildman–Crippen LogP) is 2.61. The molecule has 0 amide bonds. The topological polar surface area (TPSA) is 49.4 Å². The molecule has 0 spiro atoms. The number of nitrogens with zero attached hydrogens (tertiary/aromatic N) is 1. The third-order valence-electron chi connectivity index (χ3n) is 4.50. The predicted molar refractivity (Wildman–Crippen MR) is 85.6 cm³/mol. The second kappa shape index (κ2) is 6.90. The lowest BCUT2D eigenvalue weighted by molar-refractivity contribution is 0.246. The lowest BCUT2D eigenvalue weighted by Gasteiger charge is -2.33.